The van der Waals surface area contributed by atoms with Crippen molar-refractivity contribution in [2.45, 2.75) is 12.8 Å². The van der Waals surface area contributed by atoms with Gasteiger partial charge in [0.25, 0.3) is 0 Å². The second-order valence-electron chi connectivity index (χ2n) is 4.12. The SMILES string of the molecule is NC1=NN=C(c2cc(Br)c3c(c2)OCCO3)CC1. The summed E-state index contributed by atoms with van der Waals surface area (Å²) in [4.78, 5) is 0. The molecule has 2 aliphatic heterocycles. The Hall–Kier alpha value is -1.56. The minimum absolute atomic E-state index is 0.570. The highest BCUT2D eigenvalue weighted by atomic mass is 79.9. The standard InChI is InChI=1S/C12H12BrN3O2/c13-8-5-7(9-1-2-11(14)16-15-9)6-10-12(8)18-4-3-17-10/h5-6H,1-4H2,(H2,14,16). The Balaban J connectivity index is 2.01. The van der Waals surface area contributed by atoms with Gasteiger partial charge in [-0.05, 0) is 34.5 Å². The molecule has 0 bridgehead atoms. The van der Waals surface area contributed by atoms with Gasteiger partial charge in [-0.2, -0.15) is 5.10 Å². The van der Waals surface area contributed by atoms with Gasteiger partial charge in [-0.25, -0.2) is 0 Å². The van der Waals surface area contributed by atoms with Gasteiger partial charge in [0.2, 0.25) is 0 Å². The third kappa shape index (κ3) is 2.08. The van der Waals surface area contributed by atoms with Crippen LogP contribution >= 0.6 is 15.9 Å². The number of fused-ring (bicyclic) bond motifs is 1. The zero-order valence-corrected chi connectivity index (χ0v) is 11.2. The van der Waals surface area contributed by atoms with Gasteiger partial charge in [-0.3, -0.25) is 0 Å². The fourth-order valence-corrected chi connectivity index (χ4v) is 2.51. The summed E-state index contributed by atoms with van der Waals surface area (Å²) in [7, 11) is 0. The summed E-state index contributed by atoms with van der Waals surface area (Å²) in [5, 5.41) is 8.06. The maximum Gasteiger partial charge on any atom is 0.175 e. The Morgan fingerprint density at radius 1 is 1.11 bits per heavy atom. The predicted molar refractivity (Wildman–Crippen MR) is 72.5 cm³/mol. The fourth-order valence-electron chi connectivity index (χ4n) is 1.95. The minimum Gasteiger partial charge on any atom is -0.486 e. The number of hydrogen-bond acceptors (Lipinski definition) is 5. The van der Waals surface area contributed by atoms with E-state index in [2.05, 4.69) is 26.1 Å². The number of nitrogens with two attached hydrogens (primary N) is 1. The molecule has 1 aromatic rings. The molecule has 0 aliphatic carbocycles. The van der Waals surface area contributed by atoms with E-state index in [0.29, 0.717) is 19.0 Å². The van der Waals surface area contributed by atoms with E-state index in [9.17, 15) is 0 Å². The van der Waals surface area contributed by atoms with Crippen molar-refractivity contribution < 1.29 is 9.47 Å². The molecule has 6 heteroatoms. The van der Waals surface area contributed by atoms with Crippen molar-refractivity contribution in [2.75, 3.05) is 13.2 Å². The first-order valence-electron chi connectivity index (χ1n) is 5.72. The summed E-state index contributed by atoms with van der Waals surface area (Å²) in [6, 6.07) is 3.92. The van der Waals surface area contributed by atoms with E-state index in [4.69, 9.17) is 15.2 Å². The van der Waals surface area contributed by atoms with Gasteiger partial charge in [0.05, 0.1) is 10.2 Å². The van der Waals surface area contributed by atoms with E-state index >= 15 is 0 Å². The second kappa shape index (κ2) is 4.61. The number of benzene rings is 1. The van der Waals surface area contributed by atoms with Crippen LogP contribution in [0, 0.1) is 0 Å². The van der Waals surface area contributed by atoms with Crippen molar-refractivity contribution in [1.82, 2.24) is 0 Å². The number of nitrogens with zero attached hydrogens (tertiary/aromatic N) is 2. The fraction of sp³-hybridized carbons (Fsp3) is 0.333. The van der Waals surface area contributed by atoms with E-state index in [1.807, 2.05) is 12.1 Å². The van der Waals surface area contributed by atoms with Crippen molar-refractivity contribution >= 4 is 27.5 Å². The lowest BCUT2D eigenvalue weighted by Crippen LogP contribution is -2.19. The van der Waals surface area contributed by atoms with Crippen molar-refractivity contribution in [3.8, 4) is 11.5 Å². The number of rotatable bonds is 1. The van der Waals surface area contributed by atoms with Crippen LogP contribution < -0.4 is 15.2 Å². The molecule has 2 N–H and O–H groups in total. The van der Waals surface area contributed by atoms with Crippen molar-refractivity contribution in [3.63, 3.8) is 0 Å². The molecule has 94 valence electrons. The average molecular weight is 310 g/mol. The summed E-state index contributed by atoms with van der Waals surface area (Å²) < 4.78 is 12.0. The molecule has 0 radical (unpaired) electrons. The Kier molecular flexibility index (Phi) is 2.95. The van der Waals surface area contributed by atoms with Gasteiger partial charge in [-0.1, -0.05) is 0 Å². The quantitative estimate of drug-likeness (QED) is 0.863. The van der Waals surface area contributed by atoms with Crippen molar-refractivity contribution in [1.29, 1.82) is 0 Å². The van der Waals surface area contributed by atoms with Gasteiger partial charge in [-0.15, -0.1) is 5.10 Å². The van der Waals surface area contributed by atoms with E-state index in [-0.39, 0.29) is 0 Å². The number of amidine groups is 1. The van der Waals surface area contributed by atoms with E-state index in [1.54, 1.807) is 0 Å². The van der Waals surface area contributed by atoms with Crippen LogP contribution in [-0.4, -0.2) is 24.8 Å². The van der Waals surface area contributed by atoms with Crippen LogP contribution in [0.3, 0.4) is 0 Å². The van der Waals surface area contributed by atoms with Crippen LogP contribution in [0.5, 0.6) is 11.5 Å². The predicted octanol–water partition coefficient (Wildman–Crippen LogP) is 2.08. The zero-order chi connectivity index (χ0) is 12.5. The van der Waals surface area contributed by atoms with Crippen LogP contribution in [0.15, 0.2) is 26.8 Å². The summed E-state index contributed by atoms with van der Waals surface area (Å²) in [6.45, 7) is 1.15. The molecule has 5 nitrogen and oxygen atoms in total. The number of halogens is 1. The van der Waals surface area contributed by atoms with Crippen LogP contribution in [0.4, 0.5) is 0 Å². The molecule has 18 heavy (non-hydrogen) atoms. The number of ether oxygens (including phenoxy) is 2. The second-order valence-corrected chi connectivity index (χ2v) is 4.97. The first-order valence-corrected chi connectivity index (χ1v) is 6.52. The van der Waals surface area contributed by atoms with Gasteiger partial charge in [0, 0.05) is 12.0 Å². The smallest absolute Gasteiger partial charge is 0.175 e. The van der Waals surface area contributed by atoms with Gasteiger partial charge in [0.1, 0.15) is 19.0 Å². The minimum atomic E-state index is 0.570. The molecule has 2 aliphatic rings. The highest BCUT2D eigenvalue weighted by Crippen LogP contribution is 2.39. The molecule has 1 aromatic carbocycles. The topological polar surface area (TPSA) is 69.2 Å². The number of hydrogen-bond donors (Lipinski definition) is 1. The summed E-state index contributed by atoms with van der Waals surface area (Å²) in [5.74, 6) is 2.08. The van der Waals surface area contributed by atoms with Gasteiger partial charge in [0.15, 0.2) is 11.5 Å². The molecule has 3 rings (SSSR count). The molecule has 0 unspecified atom stereocenters. The van der Waals surface area contributed by atoms with E-state index < -0.39 is 0 Å². The maximum atomic E-state index is 5.60. The zero-order valence-electron chi connectivity index (χ0n) is 9.65. The highest BCUT2D eigenvalue weighted by molar-refractivity contribution is 9.10. The van der Waals surface area contributed by atoms with Gasteiger partial charge < -0.3 is 15.2 Å². The summed E-state index contributed by atoms with van der Waals surface area (Å²) in [6.07, 6.45) is 1.53. The molecule has 0 spiro atoms. The Morgan fingerprint density at radius 2 is 1.94 bits per heavy atom. The largest absolute Gasteiger partial charge is 0.486 e. The molecular formula is C12H12BrN3O2. The Bertz CT molecular complexity index is 554. The highest BCUT2D eigenvalue weighted by Gasteiger charge is 2.19. The Morgan fingerprint density at radius 3 is 2.72 bits per heavy atom. The molecule has 0 fully saturated rings. The van der Waals surface area contributed by atoms with Crippen LogP contribution in [0.1, 0.15) is 18.4 Å². The summed E-state index contributed by atoms with van der Waals surface area (Å²) in [5.41, 5.74) is 7.51. The Labute approximate surface area is 113 Å². The first-order chi connectivity index (χ1) is 8.74. The monoisotopic (exact) mass is 309 g/mol. The van der Waals surface area contributed by atoms with Crippen molar-refractivity contribution in [2.24, 2.45) is 15.9 Å². The van der Waals surface area contributed by atoms with Crippen molar-refractivity contribution in [3.05, 3.63) is 22.2 Å². The average Bonchev–Trinajstić information content (AvgIpc) is 2.39. The molecule has 0 atom stereocenters. The van der Waals surface area contributed by atoms with E-state index in [0.717, 1.165) is 40.1 Å². The molecule has 0 aromatic heterocycles. The molecule has 0 saturated carbocycles. The van der Waals surface area contributed by atoms with Crippen LogP contribution in [-0.2, 0) is 0 Å². The van der Waals surface area contributed by atoms with E-state index in [1.165, 1.54) is 0 Å². The molecular weight excluding hydrogens is 298 g/mol. The lowest BCUT2D eigenvalue weighted by molar-refractivity contribution is 0.170. The maximum absolute atomic E-state index is 5.60. The first kappa shape index (κ1) is 11.5. The van der Waals surface area contributed by atoms with Gasteiger partial charge >= 0.3 is 0 Å². The lowest BCUT2D eigenvalue weighted by atomic mass is 10.0. The van der Waals surface area contributed by atoms with Crippen LogP contribution in [0.25, 0.3) is 0 Å². The summed E-state index contributed by atoms with van der Waals surface area (Å²) >= 11 is 3.49. The third-order valence-corrected chi connectivity index (χ3v) is 3.44. The third-order valence-electron chi connectivity index (χ3n) is 2.85. The lowest BCUT2D eigenvalue weighted by Gasteiger charge is -2.21. The normalized spacial score (nSPS) is 18.1. The molecule has 0 amide bonds. The van der Waals surface area contributed by atoms with Crippen LogP contribution in [0.2, 0.25) is 0 Å². The molecule has 2 heterocycles. The molecule has 0 saturated heterocycles.